The molecule has 0 aromatic heterocycles. The number of halogens is 2. The fourth-order valence-corrected chi connectivity index (χ4v) is 3.23. The zero-order valence-corrected chi connectivity index (χ0v) is 13.4. The van der Waals surface area contributed by atoms with E-state index in [-0.39, 0.29) is 4.90 Å². The molecular weight excluding hydrogens is 338 g/mol. The highest BCUT2D eigenvalue weighted by molar-refractivity contribution is 9.10. The first-order chi connectivity index (χ1) is 8.47. The van der Waals surface area contributed by atoms with Gasteiger partial charge >= 0.3 is 0 Å². The van der Waals surface area contributed by atoms with Crippen LogP contribution in [0.5, 0.6) is 0 Å². The van der Waals surface area contributed by atoms with E-state index in [4.69, 9.17) is 11.6 Å². The molecule has 0 aliphatic heterocycles. The van der Waals surface area contributed by atoms with Crippen LogP contribution >= 0.6 is 27.5 Å². The molecule has 1 aromatic carbocycles. The molecule has 102 valence electrons. The lowest BCUT2D eigenvalue weighted by Gasteiger charge is -2.07. The molecule has 1 rings (SSSR count). The average molecular weight is 355 g/mol. The third-order valence-electron chi connectivity index (χ3n) is 2.52. The van der Waals surface area contributed by atoms with Gasteiger partial charge in [0.05, 0.1) is 9.92 Å². The highest BCUT2D eigenvalue weighted by atomic mass is 79.9. The highest BCUT2D eigenvalue weighted by Crippen LogP contribution is 2.25. The molecule has 1 N–H and O–H groups in total. The van der Waals surface area contributed by atoms with Crippen molar-refractivity contribution in [3.05, 3.63) is 27.7 Å². The Labute approximate surface area is 122 Å². The summed E-state index contributed by atoms with van der Waals surface area (Å²) in [7, 11) is -3.43. The fraction of sp³-hybridized carbons (Fsp3) is 0.500. The van der Waals surface area contributed by atoms with Gasteiger partial charge in [0, 0.05) is 11.0 Å². The number of rotatable bonds is 7. The van der Waals surface area contributed by atoms with E-state index in [9.17, 15) is 8.42 Å². The number of nitrogens with one attached hydrogen (secondary N) is 1. The zero-order chi connectivity index (χ0) is 13.6. The lowest BCUT2D eigenvalue weighted by atomic mass is 10.2. The molecule has 0 atom stereocenters. The number of sulfonamides is 1. The number of unbranched alkanes of at least 4 members (excludes halogenated alkanes) is 3. The first kappa shape index (κ1) is 16.0. The van der Waals surface area contributed by atoms with E-state index in [1.165, 1.54) is 12.1 Å². The van der Waals surface area contributed by atoms with E-state index in [1.54, 1.807) is 6.07 Å². The van der Waals surface area contributed by atoms with E-state index < -0.39 is 10.0 Å². The van der Waals surface area contributed by atoms with E-state index >= 15 is 0 Å². The minimum absolute atomic E-state index is 0.231. The van der Waals surface area contributed by atoms with Crippen LogP contribution in [0.3, 0.4) is 0 Å². The molecule has 0 bridgehead atoms. The number of benzene rings is 1. The SMILES string of the molecule is CCCCCCNS(=O)(=O)c1ccc(Cl)c(Br)c1. The summed E-state index contributed by atoms with van der Waals surface area (Å²) in [5.74, 6) is 0. The van der Waals surface area contributed by atoms with Gasteiger partial charge in [0.1, 0.15) is 0 Å². The molecule has 0 saturated heterocycles. The summed E-state index contributed by atoms with van der Waals surface area (Å²) < 4.78 is 27.1. The maximum absolute atomic E-state index is 12.0. The van der Waals surface area contributed by atoms with Crippen LogP contribution in [-0.4, -0.2) is 15.0 Å². The summed E-state index contributed by atoms with van der Waals surface area (Å²) >= 11 is 9.05. The molecular formula is C12H17BrClNO2S. The van der Waals surface area contributed by atoms with Gasteiger partial charge in [0.15, 0.2) is 0 Å². The van der Waals surface area contributed by atoms with Crippen LogP contribution < -0.4 is 4.72 Å². The maximum atomic E-state index is 12.0. The van der Waals surface area contributed by atoms with E-state index in [0.717, 1.165) is 25.7 Å². The molecule has 0 unspecified atom stereocenters. The third-order valence-corrected chi connectivity index (χ3v) is 5.20. The lowest BCUT2D eigenvalue weighted by Crippen LogP contribution is -2.24. The molecule has 0 aliphatic rings. The Morgan fingerprint density at radius 2 is 2.00 bits per heavy atom. The first-order valence-corrected chi connectivity index (χ1v) is 8.57. The second-order valence-electron chi connectivity index (χ2n) is 4.03. The Balaban J connectivity index is 2.60. The molecule has 0 amide bonds. The van der Waals surface area contributed by atoms with Gasteiger partial charge in [-0.05, 0) is 40.5 Å². The van der Waals surface area contributed by atoms with Gasteiger partial charge in [-0.25, -0.2) is 13.1 Å². The predicted molar refractivity (Wildman–Crippen MR) is 78.5 cm³/mol. The molecule has 0 aliphatic carbocycles. The van der Waals surface area contributed by atoms with Gasteiger partial charge in [-0.1, -0.05) is 37.8 Å². The summed E-state index contributed by atoms with van der Waals surface area (Å²) in [6, 6.07) is 4.58. The first-order valence-electron chi connectivity index (χ1n) is 5.92. The van der Waals surface area contributed by atoms with E-state index in [0.29, 0.717) is 16.0 Å². The van der Waals surface area contributed by atoms with Crippen molar-refractivity contribution in [3.63, 3.8) is 0 Å². The van der Waals surface area contributed by atoms with Crippen molar-refractivity contribution in [2.45, 2.75) is 37.5 Å². The number of hydrogen-bond acceptors (Lipinski definition) is 2. The van der Waals surface area contributed by atoms with Crippen LogP contribution in [0.1, 0.15) is 32.6 Å². The number of hydrogen-bond donors (Lipinski definition) is 1. The van der Waals surface area contributed by atoms with Crippen LogP contribution in [0.15, 0.2) is 27.6 Å². The van der Waals surface area contributed by atoms with Gasteiger partial charge in [-0.3, -0.25) is 0 Å². The predicted octanol–water partition coefficient (Wildman–Crippen LogP) is 3.96. The Bertz CT molecular complexity index is 491. The molecule has 3 nitrogen and oxygen atoms in total. The Kier molecular flexibility index (Phi) is 6.63. The molecule has 0 spiro atoms. The van der Waals surface area contributed by atoms with Gasteiger partial charge in [0.25, 0.3) is 0 Å². The second-order valence-corrected chi connectivity index (χ2v) is 7.06. The molecule has 0 fully saturated rings. The smallest absolute Gasteiger partial charge is 0.211 e. The van der Waals surface area contributed by atoms with Crippen LogP contribution in [0, 0.1) is 0 Å². The Morgan fingerprint density at radius 1 is 1.28 bits per heavy atom. The topological polar surface area (TPSA) is 46.2 Å². The molecule has 0 saturated carbocycles. The second kappa shape index (κ2) is 7.48. The standard InChI is InChI=1S/C12H17BrClNO2S/c1-2-3-4-5-8-15-18(16,17)10-6-7-12(14)11(13)9-10/h6-7,9,15H,2-5,8H2,1H3. The van der Waals surface area contributed by atoms with Crippen LogP contribution in [0.2, 0.25) is 5.02 Å². The lowest BCUT2D eigenvalue weighted by molar-refractivity contribution is 0.573. The van der Waals surface area contributed by atoms with Crippen LogP contribution in [0.4, 0.5) is 0 Å². The summed E-state index contributed by atoms with van der Waals surface area (Å²) in [6.45, 7) is 2.60. The minimum atomic E-state index is -3.43. The van der Waals surface area contributed by atoms with Gasteiger partial charge in [-0.15, -0.1) is 0 Å². The fourth-order valence-electron chi connectivity index (χ4n) is 1.49. The normalized spacial score (nSPS) is 11.7. The van der Waals surface area contributed by atoms with E-state index in [1.807, 2.05) is 0 Å². The minimum Gasteiger partial charge on any atom is -0.211 e. The largest absolute Gasteiger partial charge is 0.240 e. The van der Waals surface area contributed by atoms with Crippen molar-refractivity contribution >= 4 is 37.6 Å². The molecule has 0 heterocycles. The van der Waals surface area contributed by atoms with E-state index in [2.05, 4.69) is 27.6 Å². The summed E-state index contributed by atoms with van der Waals surface area (Å²) in [6.07, 6.45) is 4.18. The highest BCUT2D eigenvalue weighted by Gasteiger charge is 2.14. The van der Waals surface area contributed by atoms with Gasteiger partial charge in [0.2, 0.25) is 10.0 Å². The van der Waals surface area contributed by atoms with Gasteiger partial charge < -0.3 is 0 Å². The Morgan fingerprint density at radius 3 is 2.61 bits per heavy atom. The Hall–Kier alpha value is -0.100. The van der Waals surface area contributed by atoms with Crippen molar-refractivity contribution < 1.29 is 8.42 Å². The van der Waals surface area contributed by atoms with Crippen molar-refractivity contribution in [2.24, 2.45) is 0 Å². The zero-order valence-electron chi connectivity index (χ0n) is 10.2. The monoisotopic (exact) mass is 353 g/mol. The molecule has 1 aromatic rings. The summed E-state index contributed by atoms with van der Waals surface area (Å²) in [5.41, 5.74) is 0. The quantitative estimate of drug-likeness (QED) is 0.753. The van der Waals surface area contributed by atoms with Crippen LogP contribution in [-0.2, 0) is 10.0 Å². The third kappa shape index (κ3) is 4.88. The summed E-state index contributed by atoms with van der Waals surface area (Å²) in [5, 5.41) is 0.497. The van der Waals surface area contributed by atoms with Gasteiger partial charge in [-0.2, -0.15) is 0 Å². The average Bonchev–Trinajstić information content (AvgIpc) is 2.32. The summed E-state index contributed by atoms with van der Waals surface area (Å²) in [4.78, 5) is 0.231. The molecule has 18 heavy (non-hydrogen) atoms. The van der Waals surface area contributed by atoms with Crippen molar-refractivity contribution in [3.8, 4) is 0 Å². The molecule has 6 heteroatoms. The van der Waals surface area contributed by atoms with Crippen molar-refractivity contribution in [1.82, 2.24) is 4.72 Å². The van der Waals surface area contributed by atoms with Crippen molar-refractivity contribution in [1.29, 1.82) is 0 Å². The van der Waals surface area contributed by atoms with Crippen LogP contribution in [0.25, 0.3) is 0 Å². The van der Waals surface area contributed by atoms with Crippen molar-refractivity contribution in [2.75, 3.05) is 6.54 Å². The maximum Gasteiger partial charge on any atom is 0.240 e. The molecule has 0 radical (unpaired) electrons.